The van der Waals surface area contributed by atoms with Crippen LogP contribution in [0.1, 0.15) is 12.5 Å². The van der Waals surface area contributed by atoms with E-state index in [1.165, 1.54) is 6.92 Å². The van der Waals surface area contributed by atoms with Gasteiger partial charge in [0.2, 0.25) is 69.9 Å². The Morgan fingerprint density at radius 2 is 1.04 bits per heavy atom. The van der Waals surface area contributed by atoms with Crippen molar-refractivity contribution in [2.24, 2.45) is 5.73 Å². The molecule has 0 radical (unpaired) electrons. The van der Waals surface area contributed by atoms with Crippen molar-refractivity contribution in [1.82, 2.24) is 5.32 Å². The average molecular weight is 695 g/mol. The number of nitrogens with two attached hydrogens (primary N) is 1. The van der Waals surface area contributed by atoms with E-state index in [-0.39, 0.29) is 12.4 Å². The summed E-state index contributed by atoms with van der Waals surface area (Å²) in [5.74, 6) is -30.6. The van der Waals surface area contributed by atoms with Gasteiger partial charge in [0.05, 0.1) is 6.04 Å². The molecule has 3 rings (SSSR count). The third-order valence-corrected chi connectivity index (χ3v) is 5.46. The minimum atomic E-state index is -2.48. The van der Waals surface area contributed by atoms with Crippen LogP contribution in [0.3, 0.4) is 0 Å². The molecule has 0 aliphatic rings. The monoisotopic (exact) mass is 694 g/mol. The molecule has 0 saturated heterocycles. The van der Waals surface area contributed by atoms with Gasteiger partial charge in [-0.25, -0.2) is 26.3 Å². The number of halogens is 11. The number of hydrogen-bond acceptors (Lipinski definition) is 6. The molecule has 19 heteroatoms. The number of benzene rings is 3. The molecule has 0 fully saturated rings. The maximum absolute atomic E-state index is 13.3. The number of amides is 1. The van der Waals surface area contributed by atoms with Crippen molar-refractivity contribution >= 4 is 30.1 Å². The number of Topliss-reactive ketones (excluding diaryl/α,β-unsaturated/α-hetero) is 1. The van der Waals surface area contributed by atoms with E-state index < -0.39 is 113 Å². The Labute approximate surface area is 258 Å². The van der Waals surface area contributed by atoms with Gasteiger partial charge in [0.1, 0.15) is 6.04 Å². The third-order valence-electron chi connectivity index (χ3n) is 5.46. The number of aliphatic carboxylic acids is 1. The van der Waals surface area contributed by atoms with Gasteiger partial charge in [-0.05, 0) is 18.9 Å². The zero-order chi connectivity index (χ0) is 34.2. The summed E-state index contributed by atoms with van der Waals surface area (Å²) < 4.78 is 139. The molecular formula is C27H21ClF10N2O6. The molecule has 46 heavy (non-hydrogen) atoms. The number of ether oxygens (including phenoxy) is 2. The number of rotatable bonds is 11. The largest absolute Gasteiger partial charge is 0.480 e. The molecule has 0 aromatic heterocycles. The summed E-state index contributed by atoms with van der Waals surface area (Å²) in [4.78, 5) is 33.6. The summed E-state index contributed by atoms with van der Waals surface area (Å²) in [6, 6.07) is 7.67. The lowest BCUT2D eigenvalue weighted by molar-refractivity contribution is -0.141. The Morgan fingerprint density at radius 3 is 1.39 bits per heavy atom. The fourth-order valence-electron chi connectivity index (χ4n) is 3.11. The minimum Gasteiger partial charge on any atom is -0.480 e. The highest BCUT2D eigenvalue weighted by Gasteiger charge is 2.29. The number of ketones is 1. The first kappa shape index (κ1) is 39.4. The van der Waals surface area contributed by atoms with Crippen LogP contribution in [0.2, 0.25) is 0 Å². The molecule has 0 bridgehead atoms. The molecule has 3 aromatic rings. The number of hydrogen-bond donors (Lipinski definition) is 3. The van der Waals surface area contributed by atoms with Gasteiger partial charge < -0.3 is 25.6 Å². The summed E-state index contributed by atoms with van der Waals surface area (Å²) in [6.45, 7) is -1.45. The molecule has 3 aromatic carbocycles. The van der Waals surface area contributed by atoms with E-state index in [1.54, 1.807) is 0 Å². The first-order chi connectivity index (χ1) is 21.0. The predicted octanol–water partition coefficient (Wildman–Crippen LogP) is 4.67. The zero-order valence-electron chi connectivity index (χ0n) is 22.9. The SMILES string of the molecule is C[C@H](NC(=O)[C@@H](N)Cc1ccccc1)C(=O)O.Cl.O=C(COc1c(F)c(F)c(F)c(F)c1F)COc1c(F)c(F)c(F)c(F)c1F. The van der Waals surface area contributed by atoms with Gasteiger partial charge in [0.25, 0.3) is 0 Å². The van der Waals surface area contributed by atoms with Gasteiger partial charge in [0, 0.05) is 0 Å². The van der Waals surface area contributed by atoms with Crippen molar-refractivity contribution in [2.75, 3.05) is 13.2 Å². The predicted molar refractivity (Wildman–Crippen MR) is 139 cm³/mol. The Bertz CT molecular complexity index is 1450. The Hall–Kier alpha value is -4.58. The van der Waals surface area contributed by atoms with Crippen LogP contribution >= 0.6 is 12.4 Å². The van der Waals surface area contributed by atoms with Crippen LogP contribution in [0.25, 0.3) is 0 Å². The van der Waals surface area contributed by atoms with Gasteiger partial charge in [-0.2, -0.15) is 17.6 Å². The van der Waals surface area contributed by atoms with Crippen LogP contribution < -0.4 is 20.5 Å². The smallest absolute Gasteiger partial charge is 0.325 e. The average Bonchev–Trinajstić information content (AvgIpc) is 3.01. The molecule has 252 valence electrons. The maximum atomic E-state index is 13.3. The molecule has 0 spiro atoms. The molecule has 0 saturated carbocycles. The topological polar surface area (TPSA) is 128 Å². The number of nitrogens with one attached hydrogen (secondary N) is 1. The summed E-state index contributed by atoms with van der Waals surface area (Å²) in [6.07, 6.45) is 0.388. The molecule has 0 aliphatic heterocycles. The lowest BCUT2D eigenvalue weighted by Crippen LogP contribution is -2.47. The van der Waals surface area contributed by atoms with Crippen molar-refractivity contribution < 1.29 is 72.9 Å². The van der Waals surface area contributed by atoms with Crippen molar-refractivity contribution in [2.45, 2.75) is 25.4 Å². The summed E-state index contributed by atoms with van der Waals surface area (Å²) >= 11 is 0. The van der Waals surface area contributed by atoms with Crippen molar-refractivity contribution in [3.8, 4) is 11.5 Å². The number of carbonyl (C=O) groups is 3. The molecule has 0 aliphatic carbocycles. The minimum absolute atomic E-state index is 0. The van der Waals surface area contributed by atoms with Gasteiger partial charge in [-0.1, -0.05) is 30.3 Å². The zero-order valence-corrected chi connectivity index (χ0v) is 23.7. The van der Waals surface area contributed by atoms with Crippen LogP contribution in [0.15, 0.2) is 30.3 Å². The highest BCUT2D eigenvalue weighted by Crippen LogP contribution is 2.30. The number of carboxylic acids is 1. The highest BCUT2D eigenvalue weighted by molar-refractivity contribution is 5.86. The quantitative estimate of drug-likeness (QED) is 0.151. The number of carboxylic acid groups (broad SMARTS) is 1. The van der Waals surface area contributed by atoms with E-state index in [9.17, 15) is 58.3 Å². The van der Waals surface area contributed by atoms with E-state index in [0.29, 0.717) is 6.42 Å². The third kappa shape index (κ3) is 9.71. The molecule has 8 nitrogen and oxygen atoms in total. The van der Waals surface area contributed by atoms with Gasteiger partial charge >= 0.3 is 5.97 Å². The summed E-state index contributed by atoms with van der Waals surface area (Å²) in [5.41, 5.74) is 6.64. The van der Waals surface area contributed by atoms with Crippen molar-refractivity contribution in [3.05, 3.63) is 94.1 Å². The molecule has 0 unspecified atom stereocenters. The van der Waals surface area contributed by atoms with E-state index in [2.05, 4.69) is 14.8 Å². The van der Waals surface area contributed by atoms with Gasteiger partial charge in [-0.3, -0.25) is 14.4 Å². The Balaban J connectivity index is 0.000000505. The summed E-state index contributed by atoms with van der Waals surface area (Å²) in [5, 5.41) is 11.0. The molecule has 4 N–H and O–H groups in total. The van der Waals surface area contributed by atoms with E-state index in [1.807, 2.05) is 30.3 Å². The van der Waals surface area contributed by atoms with E-state index in [4.69, 9.17) is 10.8 Å². The second kappa shape index (κ2) is 17.2. The van der Waals surface area contributed by atoms with Gasteiger partial charge in [-0.15, -0.1) is 12.4 Å². The second-order valence-electron chi connectivity index (χ2n) is 8.78. The van der Waals surface area contributed by atoms with Crippen molar-refractivity contribution in [3.63, 3.8) is 0 Å². The lowest BCUT2D eigenvalue weighted by atomic mass is 10.1. The lowest BCUT2D eigenvalue weighted by Gasteiger charge is -2.14. The Kier molecular flexibility index (Phi) is 14.8. The normalized spacial score (nSPS) is 11.7. The standard InChI is InChI=1S/C15H4F10O3.C12H16N2O3.ClH/c16-4-6(18)10(22)14(11(23)7(4)19)27-1-3(26)2-28-15-12(24)8(20)5(17)9(21)13(15)25;1-8(12(16)17)14-11(15)10(13)7-9-5-3-2-4-6-9;/h1-2H2;2-6,8,10H,7,13H2,1H3,(H,14,15)(H,16,17);1H/t;8-,10-;/m.0./s1. The second-order valence-corrected chi connectivity index (χ2v) is 8.78. The first-order valence-electron chi connectivity index (χ1n) is 12.1. The van der Waals surface area contributed by atoms with E-state index >= 15 is 0 Å². The molecule has 1 amide bonds. The number of carbonyl (C=O) groups excluding carboxylic acids is 2. The summed E-state index contributed by atoms with van der Waals surface area (Å²) in [7, 11) is 0. The molecule has 2 atom stereocenters. The highest BCUT2D eigenvalue weighted by atomic mass is 35.5. The van der Waals surface area contributed by atoms with Gasteiger partial charge in [0.15, 0.2) is 24.7 Å². The molecule has 0 heterocycles. The van der Waals surface area contributed by atoms with Crippen LogP contribution in [-0.2, 0) is 20.8 Å². The van der Waals surface area contributed by atoms with Crippen LogP contribution in [0.5, 0.6) is 11.5 Å². The fraction of sp³-hybridized carbons (Fsp3) is 0.222. The van der Waals surface area contributed by atoms with Crippen LogP contribution in [0, 0.1) is 58.2 Å². The van der Waals surface area contributed by atoms with Crippen LogP contribution in [0.4, 0.5) is 43.9 Å². The van der Waals surface area contributed by atoms with Crippen LogP contribution in [-0.4, -0.2) is 48.1 Å². The maximum Gasteiger partial charge on any atom is 0.325 e. The van der Waals surface area contributed by atoms with E-state index in [0.717, 1.165) is 5.56 Å². The molecular weight excluding hydrogens is 674 g/mol. The van der Waals surface area contributed by atoms with Crippen molar-refractivity contribution in [1.29, 1.82) is 0 Å². The Morgan fingerprint density at radius 1 is 0.696 bits per heavy atom. The fourth-order valence-corrected chi connectivity index (χ4v) is 3.11. The first-order valence-corrected chi connectivity index (χ1v) is 12.1.